The molecule has 34 heavy (non-hydrogen) atoms. The van der Waals surface area contributed by atoms with E-state index in [-0.39, 0.29) is 49.2 Å². The number of hydrogen-bond donors (Lipinski definition) is 1. The first-order valence-electron chi connectivity index (χ1n) is 10.7. The van der Waals surface area contributed by atoms with Gasteiger partial charge in [0.15, 0.2) is 18.2 Å². The number of hydrogen-bond acceptors (Lipinski definition) is 8. The average molecular weight is 486 g/mol. The summed E-state index contributed by atoms with van der Waals surface area (Å²) in [5, 5.41) is 0. The van der Waals surface area contributed by atoms with Crippen LogP contribution in [-0.4, -0.2) is 48.3 Å². The lowest BCUT2D eigenvalue weighted by atomic mass is 9.88. The molecule has 0 aliphatic heterocycles. The Morgan fingerprint density at radius 2 is 1.50 bits per heavy atom. The lowest BCUT2D eigenvalue weighted by Gasteiger charge is -2.16. The van der Waals surface area contributed by atoms with Gasteiger partial charge in [-0.1, -0.05) is 36.5 Å². The number of rotatable bonds is 13. The van der Waals surface area contributed by atoms with Crippen LogP contribution in [0.15, 0.2) is 48.5 Å². The highest BCUT2D eigenvalue weighted by Crippen LogP contribution is 2.22. The maximum absolute atomic E-state index is 13.2. The fourth-order valence-corrected chi connectivity index (χ4v) is 3.26. The maximum Gasteiger partial charge on any atom is 0.344 e. The highest BCUT2D eigenvalue weighted by atomic mass is 32.1. The first-order valence-corrected chi connectivity index (χ1v) is 11.1. The van der Waals surface area contributed by atoms with Crippen LogP contribution in [0.2, 0.25) is 0 Å². The molecule has 2 aromatic carbocycles. The third-order valence-corrected chi connectivity index (χ3v) is 5.10. The molecule has 0 aromatic heterocycles. The number of thiocarbonyl (C=S) groups is 1. The number of Topliss-reactive ketones (excluding diaryl/α,β-unsaturated/α-hetero) is 2. The van der Waals surface area contributed by atoms with Crippen molar-refractivity contribution in [2.24, 2.45) is 11.7 Å². The summed E-state index contributed by atoms with van der Waals surface area (Å²) in [5.41, 5.74) is 7.02. The molecule has 8 nitrogen and oxygen atoms in total. The molecule has 0 saturated heterocycles. The van der Waals surface area contributed by atoms with Crippen molar-refractivity contribution >= 4 is 40.7 Å². The van der Waals surface area contributed by atoms with Gasteiger partial charge in [-0.15, -0.1) is 0 Å². The van der Waals surface area contributed by atoms with Crippen LogP contribution in [0.3, 0.4) is 0 Å². The second-order valence-corrected chi connectivity index (χ2v) is 7.82. The Hall–Kier alpha value is -3.59. The summed E-state index contributed by atoms with van der Waals surface area (Å²) in [4.78, 5) is 48.8. The van der Waals surface area contributed by atoms with E-state index in [1.807, 2.05) is 0 Å². The van der Waals surface area contributed by atoms with Crippen LogP contribution in [0.25, 0.3) is 0 Å². The standard InChI is InChI=1S/C25H27NO7S/c1-3-31-23(29)15-33-21-10-8-18(9-11-21)24(30)20(12-13-32-16(2)27)14-22(28)17-4-6-19(7-5-17)25(26)34/h4-11,20H,3,12-15H2,1-2H3,(H2,26,34). The lowest BCUT2D eigenvalue weighted by molar-refractivity contribution is -0.145. The molecule has 2 N–H and O–H groups in total. The van der Waals surface area contributed by atoms with E-state index in [0.29, 0.717) is 22.4 Å². The molecular formula is C25H27NO7S. The number of benzene rings is 2. The van der Waals surface area contributed by atoms with Gasteiger partial charge in [0.1, 0.15) is 10.7 Å². The smallest absolute Gasteiger partial charge is 0.344 e. The first-order chi connectivity index (χ1) is 16.2. The number of nitrogens with two attached hydrogens (primary N) is 1. The van der Waals surface area contributed by atoms with Gasteiger partial charge in [0.05, 0.1) is 13.2 Å². The van der Waals surface area contributed by atoms with Gasteiger partial charge in [0.25, 0.3) is 0 Å². The Bertz CT molecular complexity index is 1030. The molecule has 180 valence electrons. The van der Waals surface area contributed by atoms with Crippen LogP contribution in [0.1, 0.15) is 53.0 Å². The normalized spacial score (nSPS) is 11.2. The average Bonchev–Trinajstić information content (AvgIpc) is 2.82. The van der Waals surface area contributed by atoms with Gasteiger partial charge < -0.3 is 19.9 Å². The summed E-state index contributed by atoms with van der Waals surface area (Å²) in [6, 6.07) is 12.8. The van der Waals surface area contributed by atoms with Crippen molar-refractivity contribution in [1.82, 2.24) is 0 Å². The van der Waals surface area contributed by atoms with Crippen LogP contribution in [0.4, 0.5) is 0 Å². The van der Waals surface area contributed by atoms with Gasteiger partial charge in [-0.3, -0.25) is 14.4 Å². The molecule has 0 heterocycles. The van der Waals surface area contributed by atoms with E-state index in [1.165, 1.54) is 6.92 Å². The van der Waals surface area contributed by atoms with E-state index in [0.717, 1.165) is 0 Å². The summed E-state index contributed by atoms with van der Waals surface area (Å²) >= 11 is 4.92. The molecule has 0 aliphatic rings. The molecule has 0 saturated carbocycles. The van der Waals surface area contributed by atoms with Gasteiger partial charge in [-0.25, -0.2) is 4.79 Å². The Morgan fingerprint density at radius 1 is 0.912 bits per heavy atom. The Labute approximate surface area is 203 Å². The number of carbonyl (C=O) groups excluding carboxylic acids is 4. The van der Waals surface area contributed by atoms with E-state index in [4.69, 9.17) is 32.2 Å². The molecule has 2 aromatic rings. The number of ether oxygens (including phenoxy) is 3. The second-order valence-electron chi connectivity index (χ2n) is 7.38. The van der Waals surface area contributed by atoms with E-state index >= 15 is 0 Å². The monoisotopic (exact) mass is 485 g/mol. The summed E-state index contributed by atoms with van der Waals surface area (Å²) < 4.78 is 15.1. The molecule has 1 atom stereocenters. The zero-order valence-electron chi connectivity index (χ0n) is 19.1. The number of ketones is 2. The quantitative estimate of drug-likeness (QED) is 0.259. The van der Waals surface area contributed by atoms with Gasteiger partial charge in [0, 0.05) is 36.0 Å². The predicted molar refractivity (Wildman–Crippen MR) is 129 cm³/mol. The van der Waals surface area contributed by atoms with E-state index in [9.17, 15) is 19.2 Å². The van der Waals surface area contributed by atoms with Gasteiger partial charge in [-0.2, -0.15) is 0 Å². The van der Waals surface area contributed by atoms with E-state index in [2.05, 4.69) is 0 Å². The number of carbonyl (C=O) groups is 4. The Morgan fingerprint density at radius 3 is 2.06 bits per heavy atom. The highest BCUT2D eigenvalue weighted by Gasteiger charge is 2.24. The topological polar surface area (TPSA) is 122 Å². The minimum Gasteiger partial charge on any atom is -0.482 e. The van der Waals surface area contributed by atoms with E-state index < -0.39 is 17.9 Å². The van der Waals surface area contributed by atoms with Crippen LogP contribution >= 0.6 is 12.2 Å². The first kappa shape index (κ1) is 26.7. The summed E-state index contributed by atoms with van der Waals surface area (Å²) in [5.74, 6) is -1.76. The number of esters is 2. The van der Waals surface area contributed by atoms with Crippen molar-refractivity contribution in [3.8, 4) is 5.75 Å². The summed E-state index contributed by atoms with van der Waals surface area (Å²) in [7, 11) is 0. The molecule has 0 spiro atoms. The predicted octanol–water partition coefficient (Wildman–Crippen LogP) is 3.29. The molecule has 0 radical (unpaired) electrons. The van der Waals surface area contributed by atoms with Crippen LogP contribution in [0, 0.1) is 5.92 Å². The Kier molecular flexibility index (Phi) is 10.3. The fourth-order valence-electron chi connectivity index (χ4n) is 3.13. The van der Waals surface area contributed by atoms with Gasteiger partial charge in [0.2, 0.25) is 0 Å². The molecule has 2 rings (SSSR count). The molecule has 1 unspecified atom stereocenters. The van der Waals surface area contributed by atoms with Crippen molar-refractivity contribution in [3.05, 3.63) is 65.2 Å². The molecular weight excluding hydrogens is 458 g/mol. The second kappa shape index (κ2) is 13.2. The van der Waals surface area contributed by atoms with Crippen molar-refractivity contribution in [2.75, 3.05) is 19.8 Å². The molecule has 0 fully saturated rings. The highest BCUT2D eigenvalue weighted by molar-refractivity contribution is 7.80. The van der Waals surface area contributed by atoms with Crippen LogP contribution in [-0.2, 0) is 19.1 Å². The minimum absolute atomic E-state index is 0.0140. The minimum atomic E-state index is -0.701. The molecule has 0 amide bonds. The van der Waals surface area contributed by atoms with Crippen molar-refractivity contribution < 1.29 is 33.4 Å². The zero-order chi connectivity index (χ0) is 25.1. The van der Waals surface area contributed by atoms with Crippen molar-refractivity contribution in [2.45, 2.75) is 26.7 Å². The van der Waals surface area contributed by atoms with Crippen LogP contribution < -0.4 is 10.5 Å². The zero-order valence-corrected chi connectivity index (χ0v) is 19.9. The largest absolute Gasteiger partial charge is 0.482 e. The van der Waals surface area contributed by atoms with E-state index in [1.54, 1.807) is 55.5 Å². The Balaban J connectivity index is 2.11. The third-order valence-electron chi connectivity index (χ3n) is 4.87. The van der Waals surface area contributed by atoms with Gasteiger partial charge in [-0.05, 0) is 37.6 Å². The summed E-state index contributed by atoms with van der Waals surface area (Å²) in [6.07, 6.45) is 0.129. The molecule has 0 aliphatic carbocycles. The molecule has 0 bridgehead atoms. The van der Waals surface area contributed by atoms with Gasteiger partial charge >= 0.3 is 11.9 Å². The maximum atomic E-state index is 13.2. The van der Waals surface area contributed by atoms with Crippen LogP contribution in [0.5, 0.6) is 5.75 Å². The lowest BCUT2D eigenvalue weighted by Crippen LogP contribution is -2.21. The third kappa shape index (κ3) is 8.40. The van der Waals surface area contributed by atoms with Crippen molar-refractivity contribution in [3.63, 3.8) is 0 Å². The SMILES string of the molecule is CCOC(=O)COc1ccc(C(=O)C(CCOC(C)=O)CC(=O)c2ccc(C(N)=S)cc2)cc1. The molecule has 9 heteroatoms. The fraction of sp³-hybridized carbons (Fsp3) is 0.320. The summed E-state index contributed by atoms with van der Waals surface area (Å²) in [6.45, 7) is 3.01. The van der Waals surface area contributed by atoms with Crippen molar-refractivity contribution in [1.29, 1.82) is 0 Å².